The average molecular weight is 323 g/mol. The number of aliphatic hydroxyl groups is 1. The van der Waals surface area contributed by atoms with Gasteiger partial charge in [-0.15, -0.1) is 0 Å². The molecule has 1 unspecified atom stereocenters. The predicted molar refractivity (Wildman–Crippen MR) is 95.0 cm³/mol. The van der Waals surface area contributed by atoms with Crippen LogP contribution in [0, 0.1) is 0 Å². The maximum atomic E-state index is 10.1. The summed E-state index contributed by atoms with van der Waals surface area (Å²) in [5.41, 5.74) is 6.56. The molecule has 1 aromatic rings. The molecule has 4 heteroatoms. The van der Waals surface area contributed by atoms with Crippen molar-refractivity contribution in [2.24, 2.45) is 5.73 Å². The van der Waals surface area contributed by atoms with Crippen molar-refractivity contribution < 1.29 is 14.9 Å². The predicted octanol–water partition coefficient (Wildman–Crippen LogP) is 3.77. The molecule has 132 valence electrons. The first kappa shape index (κ1) is 19.8. The second kappa shape index (κ2) is 10.5. The first-order valence-corrected chi connectivity index (χ1v) is 8.89. The van der Waals surface area contributed by atoms with Crippen molar-refractivity contribution in [2.45, 2.75) is 70.8 Å². The Morgan fingerprint density at radius 3 is 2.48 bits per heavy atom. The van der Waals surface area contributed by atoms with E-state index in [4.69, 9.17) is 10.5 Å². The van der Waals surface area contributed by atoms with Gasteiger partial charge in [0.1, 0.15) is 0 Å². The fourth-order valence-electron chi connectivity index (χ4n) is 2.49. The number of benzene rings is 1. The molecule has 0 aliphatic rings. The van der Waals surface area contributed by atoms with Gasteiger partial charge in [0.05, 0.1) is 13.2 Å². The number of unbranched alkanes of at least 4 members (excludes halogenated alkanes) is 4. The lowest BCUT2D eigenvalue weighted by Gasteiger charge is -2.25. The van der Waals surface area contributed by atoms with Crippen molar-refractivity contribution in [1.82, 2.24) is 0 Å². The number of phenolic OH excluding ortho intramolecular Hbond substituents is 1. The third-order valence-electron chi connectivity index (χ3n) is 4.46. The van der Waals surface area contributed by atoms with Gasteiger partial charge in [0.25, 0.3) is 0 Å². The summed E-state index contributed by atoms with van der Waals surface area (Å²) in [5.74, 6) is 0.722. The van der Waals surface area contributed by atoms with Gasteiger partial charge in [-0.25, -0.2) is 0 Å². The molecule has 0 bridgehead atoms. The molecule has 0 radical (unpaired) electrons. The Balaban J connectivity index is 2.42. The van der Waals surface area contributed by atoms with Crippen LogP contribution in [0.4, 0.5) is 0 Å². The number of aromatic hydroxyl groups is 1. The van der Waals surface area contributed by atoms with Gasteiger partial charge in [0.2, 0.25) is 0 Å². The number of aliphatic hydroxyl groups excluding tert-OH is 1. The van der Waals surface area contributed by atoms with E-state index in [9.17, 15) is 10.2 Å². The molecule has 0 fully saturated rings. The summed E-state index contributed by atoms with van der Waals surface area (Å²) in [6, 6.07) is 5.51. The van der Waals surface area contributed by atoms with Crippen molar-refractivity contribution in [2.75, 3.05) is 13.2 Å². The van der Waals surface area contributed by atoms with Gasteiger partial charge in [-0.3, -0.25) is 0 Å². The van der Waals surface area contributed by atoms with E-state index in [-0.39, 0.29) is 12.4 Å². The molecule has 1 rings (SSSR count). The van der Waals surface area contributed by atoms with Crippen LogP contribution < -0.4 is 10.5 Å². The van der Waals surface area contributed by atoms with Crippen LogP contribution in [0.15, 0.2) is 18.2 Å². The molecule has 0 aliphatic heterocycles. The van der Waals surface area contributed by atoms with Crippen molar-refractivity contribution in [1.29, 1.82) is 0 Å². The summed E-state index contributed by atoms with van der Waals surface area (Å²) in [4.78, 5) is 0. The van der Waals surface area contributed by atoms with E-state index in [1.807, 2.05) is 19.1 Å². The largest absolute Gasteiger partial charge is 0.504 e. The summed E-state index contributed by atoms with van der Waals surface area (Å²) < 4.78 is 5.65. The minimum atomic E-state index is -0.538. The molecule has 0 saturated heterocycles. The van der Waals surface area contributed by atoms with E-state index in [1.54, 1.807) is 6.07 Å². The van der Waals surface area contributed by atoms with Crippen LogP contribution in [-0.2, 0) is 6.42 Å². The van der Waals surface area contributed by atoms with Gasteiger partial charge in [-0.05, 0) is 43.4 Å². The molecule has 0 aliphatic carbocycles. The Morgan fingerprint density at radius 1 is 1.13 bits per heavy atom. The molecule has 1 atom stereocenters. The monoisotopic (exact) mass is 323 g/mol. The Bertz CT molecular complexity index is 444. The zero-order valence-electron chi connectivity index (χ0n) is 14.7. The lowest BCUT2D eigenvalue weighted by Crippen LogP contribution is -2.43. The Kier molecular flexibility index (Phi) is 9.03. The summed E-state index contributed by atoms with van der Waals surface area (Å²) >= 11 is 0. The highest BCUT2D eigenvalue weighted by Gasteiger charge is 2.21. The highest BCUT2D eigenvalue weighted by molar-refractivity contribution is 5.41. The number of aryl methyl sites for hydroxylation is 1. The van der Waals surface area contributed by atoms with Gasteiger partial charge in [-0.1, -0.05) is 45.6 Å². The Labute approximate surface area is 140 Å². The van der Waals surface area contributed by atoms with E-state index in [2.05, 4.69) is 6.92 Å². The van der Waals surface area contributed by atoms with E-state index in [1.165, 1.54) is 25.7 Å². The topological polar surface area (TPSA) is 75.7 Å². The van der Waals surface area contributed by atoms with Gasteiger partial charge in [-0.2, -0.15) is 0 Å². The van der Waals surface area contributed by atoms with Crippen molar-refractivity contribution >= 4 is 0 Å². The standard InChI is InChI=1S/C19H33NO3/c1-3-5-6-7-8-13-23-18-10-9-16(14-17(18)22)11-12-19(20,4-2)15-21/h9-10,14,21-22H,3-8,11-13,15,20H2,1-2H3. The van der Waals surface area contributed by atoms with E-state index >= 15 is 0 Å². The Morgan fingerprint density at radius 2 is 1.87 bits per heavy atom. The number of hydrogen-bond donors (Lipinski definition) is 3. The van der Waals surface area contributed by atoms with Crippen LogP contribution in [0.1, 0.15) is 64.4 Å². The number of phenols is 1. The number of ether oxygens (including phenoxy) is 1. The number of nitrogens with two attached hydrogens (primary N) is 1. The molecule has 4 nitrogen and oxygen atoms in total. The van der Waals surface area contributed by atoms with Crippen molar-refractivity contribution in [3.63, 3.8) is 0 Å². The van der Waals surface area contributed by atoms with Crippen LogP contribution in [0.3, 0.4) is 0 Å². The summed E-state index contributed by atoms with van der Waals surface area (Å²) in [7, 11) is 0. The first-order valence-electron chi connectivity index (χ1n) is 8.89. The lowest BCUT2D eigenvalue weighted by atomic mass is 9.90. The molecule has 0 saturated carbocycles. The second-order valence-electron chi connectivity index (χ2n) is 6.44. The molecule has 0 spiro atoms. The van der Waals surface area contributed by atoms with Gasteiger partial charge >= 0.3 is 0 Å². The summed E-state index contributed by atoms with van der Waals surface area (Å²) in [6.45, 7) is 4.80. The maximum absolute atomic E-state index is 10.1. The molecule has 0 heterocycles. The van der Waals surface area contributed by atoms with Crippen LogP contribution in [0.5, 0.6) is 11.5 Å². The highest BCUT2D eigenvalue weighted by Crippen LogP contribution is 2.28. The minimum absolute atomic E-state index is 0.0191. The molecule has 0 aromatic heterocycles. The van der Waals surface area contributed by atoms with Crippen LogP contribution in [0.25, 0.3) is 0 Å². The third-order valence-corrected chi connectivity index (χ3v) is 4.46. The fourth-order valence-corrected chi connectivity index (χ4v) is 2.49. The third kappa shape index (κ3) is 7.23. The maximum Gasteiger partial charge on any atom is 0.160 e. The van der Waals surface area contributed by atoms with E-state index < -0.39 is 5.54 Å². The summed E-state index contributed by atoms with van der Waals surface area (Å²) in [5, 5.41) is 19.4. The average Bonchev–Trinajstić information content (AvgIpc) is 2.57. The minimum Gasteiger partial charge on any atom is -0.504 e. The second-order valence-corrected chi connectivity index (χ2v) is 6.44. The number of rotatable bonds is 12. The zero-order valence-corrected chi connectivity index (χ0v) is 14.7. The normalized spacial score (nSPS) is 13.7. The van der Waals surface area contributed by atoms with Gasteiger partial charge in [0, 0.05) is 5.54 Å². The smallest absolute Gasteiger partial charge is 0.160 e. The SMILES string of the molecule is CCCCCCCOc1ccc(CCC(N)(CC)CO)cc1O. The Hall–Kier alpha value is -1.26. The van der Waals surface area contributed by atoms with Gasteiger partial charge < -0.3 is 20.7 Å². The van der Waals surface area contributed by atoms with Crippen LogP contribution in [-0.4, -0.2) is 29.0 Å². The van der Waals surface area contributed by atoms with E-state index in [0.717, 1.165) is 24.8 Å². The molecule has 0 amide bonds. The van der Waals surface area contributed by atoms with E-state index in [0.29, 0.717) is 18.8 Å². The molecular formula is C19H33NO3. The fraction of sp³-hybridized carbons (Fsp3) is 0.684. The highest BCUT2D eigenvalue weighted by atomic mass is 16.5. The van der Waals surface area contributed by atoms with Crippen LogP contribution in [0.2, 0.25) is 0 Å². The molecule has 1 aromatic carbocycles. The quantitative estimate of drug-likeness (QED) is 0.512. The molecular weight excluding hydrogens is 290 g/mol. The first-order chi connectivity index (χ1) is 11.0. The zero-order chi connectivity index (χ0) is 17.1. The lowest BCUT2D eigenvalue weighted by molar-refractivity contribution is 0.183. The molecule has 23 heavy (non-hydrogen) atoms. The number of hydrogen-bond acceptors (Lipinski definition) is 4. The summed E-state index contributed by atoms with van der Waals surface area (Å²) in [6.07, 6.45) is 8.10. The van der Waals surface area contributed by atoms with Crippen molar-refractivity contribution in [3.05, 3.63) is 23.8 Å². The van der Waals surface area contributed by atoms with Crippen LogP contribution >= 0.6 is 0 Å². The molecule has 4 N–H and O–H groups in total. The van der Waals surface area contributed by atoms with Gasteiger partial charge in [0.15, 0.2) is 11.5 Å². The van der Waals surface area contributed by atoms with Crippen molar-refractivity contribution in [3.8, 4) is 11.5 Å².